The van der Waals surface area contributed by atoms with Gasteiger partial charge < -0.3 is 10.2 Å². The minimum atomic E-state index is -5.18. The summed E-state index contributed by atoms with van der Waals surface area (Å²) in [5.41, 5.74) is -1.29. The van der Waals surface area contributed by atoms with E-state index in [1.807, 2.05) is 0 Å². The van der Waals surface area contributed by atoms with Crippen LogP contribution in [0.25, 0.3) is 0 Å². The summed E-state index contributed by atoms with van der Waals surface area (Å²) in [4.78, 5) is 20.4. The van der Waals surface area contributed by atoms with Crippen molar-refractivity contribution >= 4 is 12.0 Å². The number of carboxylic acid groups (broad SMARTS) is 1. The molecule has 0 aliphatic heterocycles. The largest absolute Gasteiger partial charge is 0.464 e. The molecule has 0 fully saturated rings. The number of nitrogens with one attached hydrogen (secondary N) is 2. The van der Waals surface area contributed by atoms with Gasteiger partial charge in [-0.25, -0.2) is 10.2 Å². The van der Waals surface area contributed by atoms with Gasteiger partial charge in [0.1, 0.15) is 0 Å². The summed E-state index contributed by atoms with van der Waals surface area (Å²) >= 11 is 0. The number of halogens is 3. The Kier molecular flexibility index (Phi) is 3.30. The van der Waals surface area contributed by atoms with Crippen molar-refractivity contribution in [2.75, 3.05) is 0 Å². The Labute approximate surface area is 75.7 Å². The molecule has 6 nitrogen and oxygen atoms in total. The molecule has 0 bridgehead atoms. The summed E-state index contributed by atoms with van der Waals surface area (Å²) in [6.45, 7) is 0.200. The van der Waals surface area contributed by atoms with Crippen LogP contribution in [0, 0.1) is 0 Å². The predicted octanol–water partition coefficient (Wildman–Crippen LogP) is -0.402. The third-order valence-electron chi connectivity index (χ3n) is 1.28. The highest BCUT2D eigenvalue weighted by atomic mass is 19.4. The van der Waals surface area contributed by atoms with Gasteiger partial charge in [0, 0.05) is 0 Å². The van der Waals surface area contributed by atoms with Gasteiger partial charge >= 0.3 is 12.3 Å². The quantitative estimate of drug-likeness (QED) is 0.448. The molecule has 0 radical (unpaired) electrons. The van der Waals surface area contributed by atoms with E-state index in [-0.39, 0.29) is 6.92 Å². The van der Waals surface area contributed by atoms with Crippen molar-refractivity contribution in [2.45, 2.75) is 18.7 Å². The molecule has 0 spiro atoms. The van der Waals surface area contributed by atoms with Gasteiger partial charge in [0.2, 0.25) is 5.60 Å². The molecule has 82 valence electrons. The maximum absolute atomic E-state index is 11.9. The fourth-order valence-electron chi connectivity index (χ4n) is 0.361. The molecule has 14 heavy (non-hydrogen) atoms. The van der Waals surface area contributed by atoms with Gasteiger partial charge in [0.15, 0.2) is 0 Å². The van der Waals surface area contributed by atoms with Gasteiger partial charge in [0.25, 0.3) is 5.91 Å². The van der Waals surface area contributed by atoms with E-state index in [4.69, 9.17) is 10.2 Å². The fraction of sp³-hybridized carbons (Fsp3) is 0.600. The standard InChI is InChI=1S/C5H7F3N2O4/c1-4(14,5(6,7)8)2(11)9-10-3(12)13/h10,14H,1H3,(H,9,11)(H,12,13)/t4-/m1/s1. The topological polar surface area (TPSA) is 98.7 Å². The highest BCUT2D eigenvalue weighted by molar-refractivity contribution is 5.86. The molecule has 0 aromatic rings. The van der Waals surface area contributed by atoms with Crippen LogP contribution in [0.5, 0.6) is 0 Å². The Balaban J connectivity index is 4.45. The Morgan fingerprint density at radius 1 is 1.21 bits per heavy atom. The second kappa shape index (κ2) is 3.70. The summed E-state index contributed by atoms with van der Waals surface area (Å²) in [6.07, 6.45) is -6.94. The van der Waals surface area contributed by atoms with Gasteiger partial charge in [-0.3, -0.25) is 10.2 Å². The van der Waals surface area contributed by atoms with Crippen molar-refractivity contribution in [1.82, 2.24) is 10.9 Å². The van der Waals surface area contributed by atoms with E-state index >= 15 is 0 Å². The number of hydrazine groups is 1. The molecule has 2 amide bonds. The van der Waals surface area contributed by atoms with E-state index in [2.05, 4.69) is 0 Å². The van der Waals surface area contributed by atoms with Crippen LogP contribution in [0.2, 0.25) is 0 Å². The molecule has 4 N–H and O–H groups in total. The third-order valence-corrected chi connectivity index (χ3v) is 1.28. The van der Waals surface area contributed by atoms with E-state index in [0.717, 1.165) is 0 Å². The summed E-state index contributed by atoms with van der Waals surface area (Å²) in [5.74, 6) is -1.91. The van der Waals surface area contributed by atoms with Crippen LogP contribution in [0.1, 0.15) is 6.92 Å². The number of amides is 2. The first-order valence-corrected chi connectivity index (χ1v) is 3.17. The molecule has 0 heterocycles. The normalized spacial score (nSPS) is 15.5. The number of aliphatic hydroxyl groups is 1. The first-order valence-electron chi connectivity index (χ1n) is 3.17. The summed E-state index contributed by atoms with van der Waals surface area (Å²) in [7, 11) is 0. The summed E-state index contributed by atoms with van der Waals surface area (Å²) in [6, 6.07) is 0. The minimum Gasteiger partial charge on any atom is -0.464 e. The fourth-order valence-corrected chi connectivity index (χ4v) is 0.361. The number of carbonyl (C=O) groups excluding carboxylic acids is 1. The highest BCUT2D eigenvalue weighted by Crippen LogP contribution is 2.29. The van der Waals surface area contributed by atoms with Crippen molar-refractivity contribution in [3.63, 3.8) is 0 Å². The lowest BCUT2D eigenvalue weighted by Crippen LogP contribution is -2.58. The molecule has 0 saturated carbocycles. The lowest BCUT2D eigenvalue weighted by molar-refractivity contribution is -0.245. The lowest BCUT2D eigenvalue weighted by Gasteiger charge is -2.24. The van der Waals surface area contributed by atoms with Crippen molar-refractivity contribution in [3.05, 3.63) is 0 Å². The van der Waals surface area contributed by atoms with E-state index in [9.17, 15) is 22.8 Å². The Morgan fingerprint density at radius 2 is 1.64 bits per heavy atom. The molecule has 0 unspecified atom stereocenters. The second-order valence-electron chi connectivity index (χ2n) is 2.45. The van der Waals surface area contributed by atoms with Gasteiger partial charge in [0.05, 0.1) is 0 Å². The molecule has 0 rings (SSSR count). The maximum atomic E-state index is 11.9. The van der Waals surface area contributed by atoms with Crippen LogP contribution in [0.15, 0.2) is 0 Å². The number of hydrogen-bond donors (Lipinski definition) is 4. The zero-order valence-corrected chi connectivity index (χ0v) is 6.84. The molecule has 0 saturated heterocycles. The number of hydrogen-bond acceptors (Lipinski definition) is 3. The van der Waals surface area contributed by atoms with Gasteiger partial charge in [-0.1, -0.05) is 0 Å². The Hall–Kier alpha value is -1.51. The van der Waals surface area contributed by atoms with E-state index < -0.39 is 23.8 Å². The van der Waals surface area contributed by atoms with Crippen LogP contribution in [-0.2, 0) is 4.79 Å². The van der Waals surface area contributed by atoms with Crippen molar-refractivity contribution < 1.29 is 33.0 Å². The average Bonchev–Trinajstić information content (AvgIpc) is 1.97. The summed E-state index contributed by atoms with van der Waals surface area (Å²) < 4.78 is 35.8. The van der Waals surface area contributed by atoms with Gasteiger partial charge in [-0.05, 0) is 6.92 Å². The van der Waals surface area contributed by atoms with Gasteiger partial charge in [-0.2, -0.15) is 13.2 Å². The van der Waals surface area contributed by atoms with Crippen molar-refractivity contribution in [3.8, 4) is 0 Å². The number of rotatable bonds is 1. The zero-order valence-electron chi connectivity index (χ0n) is 6.84. The van der Waals surface area contributed by atoms with E-state index in [1.54, 1.807) is 0 Å². The first-order chi connectivity index (χ1) is 6.09. The molecule has 1 atom stereocenters. The van der Waals surface area contributed by atoms with Crippen LogP contribution in [0.4, 0.5) is 18.0 Å². The Morgan fingerprint density at radius 3 is 1.93 bits per heavy atom. The van der Waals surface area contributed by atoms with Crippen LogP contribution >= 0.6 is 0 Å². The van der Waals surface area contributed by atoms with Crippen LogP contribution in [-0.4, -0.2) is 34.0 Å². The Bertz CT molecular complexity index is 250. The predicted molar refractivity (Wildman–Crippen MR) is 36.0 cm³/mol. The van der Waals surface area contributed by atoms with Crippen molar-refractivity contribution in [1.29, 1.82) is 0 Å². The lowest BCUT2D eigenvalue weighted by atomic mass is 10.1. The molecule has 9 heteroatoms. The van der Waals surface area contributed by atoms with Crippen molar-refractivity contribution in [2.24, 2.45) is 0 Å². The molecule has 0 aromatic carbocycles. The first kappa shape index (κ1) is 12.5. The SMILES string of the molecule is C[C@@](O)(C(=O)NNC(=O)O)C(F)(F)F. The molecule has 0 aromatic heterocycles. The molecule has 0 aliphatic carbocycles. The molecular formula is C5H7F3N2O4. The van der Waals surface area contributed by atoms with E-state index in [1.165, 1.54) is 10.9 Å². The van der Waals surface area contributed by atoms with Crippen LogP contribution < -0.4 is 10.9 Å². The zero-order chi connectivity index (χ0) is 11.6. The number of alkyl halides is 3. The summed E-state index contributed by atoms with van der Waals surface area (Å²) in [5, 5.41) is 16.6. The average molecular weight is 216 g/mol. The highest BCUT2D eigenvalue weighted by Gasteiger charge is 2.55. The van der Waals surface area contributed by atoms with E-state index in [0.29, 0.717) is 0 Å². The molecule has 0 aliphatic rings. The molecular weight excluding hydrogens is 209 g/mol. The van der Waals surface area contributed by atoms with Gasteiger partial charge in [-0.15, -0.1) is 0 Å². The third kappa shape index (κ3) is 2.76. The monoisotopic (exact) mass is 216 g/mol. The second-order valence-corrected chi connectivity index (χ2v) is 2.45. The number of carbonyl (C=O) groups is 2. The smallest absolute Gasteiger partial charge is 0.426 e. The minimum absolute atomic E-state index is 0.200. The van der Waals surface area contributed by atoms with Crippen LogP contribution in [0.3, 0.4) is 0 Å². The maximum Gasteiger partial charge on any atom is 0.426 e.